The van der Waals surface area contributed by atoms with Gasteiger partial charge >= 0.3 is 0 Å². The first-order chi connectivity index (χ1) is 16.5. The van der Waals surface area contributed by atoms with Crippen molar-refractivity contribution < 1.29 is 21.6 Å². The zero-order valence-corrected chi connectivity index (χ0v) is 20.4. The zero-order chi connectivity index (χ0) is 25.0. The largest absolute Gasteiger partial charge is 0.320 e. The highest BCUT2D eigenvalue weighted by Crippen LogP contribution is 2.42. The second-order valence-corrected chi connectivity index (χ2v) is 11.7. The molecule has 1 aliphatic heterocycles. The summed E-state index contributed by atoms with van der Waals surface area (Å²) in [4.78, 5) is 12.0. The topological polar surface area (TPSA) is 121 Å². The van der Waals surface area contributed by atoms with Gasteiger partial charge in [-0.1, -0.05) is 47.5 Å². The van der Waals surface area contributed by atoms with Crippen LogP contribution in [0, 0.1) is 13.8 Å². The van der Waals surface area contributed by atoms with E-state index in [0.717, 1.165) is 17.2 Å². The minimum atomic E-state index is -4.27. The standard InChI is InChI=1S/C25H21N3O5S2/c1-15-6-10-17(11-7-15)27-34(30,31)21-14-22(35(32,33)28-18-12-8-16(2)9-13-18)24-23-19(21)4-3-5-20(23)25(29)26-24/h3-14,27-28H,1-2H3,(H,26,29). The molecule has 0 saturated heterocycles. The molecule has 0 fully saturated rings. The third-order valence-electron chi connectivity index (χ3n) is 5.76. The molecule has 0 aliphatic carbocycles. The molecule has 1 heterocycles. The second-order valence-electron chi connectivity index (χ2n) is 8.37. The van der Waals surface area contributed by atoms with Crippen molar-refractivity contribution in [2.75, 3.05) is 14.8 Å². The number of sulfonamides is 2. The van der Waals surface area contributed by atoms with Crippen LogP contribution in [-0.2, 0) is 20.0 Å². The second kappa shape index (κ2) is 8.10. The Morgan fingerprint density at radius 3 is 1.74 bits per heavy atom. The van der Waals surface area contributed by atoms with Crippen molar-refractivity contribution in [2.24, 2.45) is 0 Å². The zero-order valence-electron chi connectivity index (χ0n) is 18.8. The van der Waals surface area contributed by atoms with Gasteiger partial charge in [-0.3, -0.25) is 14.2 Å². The number of hydrogen-bond donors (Lipinski definition) is 3. The first-order valence-corrected chi connectivity index (χ1v) is 13.6. The molecule has 178 valence electrons. The van der Waals surface area contributed by atoms with Crippen molar-refractivity contribution in [1.29, 1.82) is 0 Å². The van der Waals surface area contributed by atoms with Crippen LogP contribution in [0.1, 0.15) is 21.5 Å². The van der Waals surface area contributed by atoms with Crippen LogP contribution >= 0.6 is 0 Å². The van der Waals surface area contributed by atoms with E-state index in [1.807, 2.05) is 13.8 Å². The first kappa shape index (κ1) is 22.9. The van der Waals surface area contributed by atoms with Gasteiger partial charge in [0.15, 0.2) is 0 Å². The summed E-state index contributed by atoms with van der Waals surface area (Å²) in [5.41, 5.74) is 2.80. The summed E-state index contributed by atoms with van der Waals surface area (Å²) < 4.78 is 58.8. The highest BCUT2D eigenvalue weighted by atomic mass is 32.2. The number of nitrogens with one attached hydrogen (secondary N) is 3. The Kier molecular flexibility index (Phi) is 5.30. The van der Waals surface area contributed by atoms with Gasteiger partial charge in [0.25, 0.3) is 26.0 Å². The van der Waals surface area contributed by atoms with Crippen LogP contribution in [0.2, 0.25) is 0 Å². The predicted molar refractivity (Wildman–Crippen MR) is 136 cm³/mol. The van der Waals surface area contributed by atoms with Gasteiger partial charge in [-0.05, 0) is 50.2 Å². The molecule has 8 nitrogen and oxygen atoms in total. The summed E-state index contributed by atoms with van der Waals surface area (Å²) in [5.74, 6) is -0.501. The minimum absolute atomic E-state index is 0.0505. The van der Waals surface area contributed by atoms with Crippen molar-refractivity contribution in [3.05, 3.63) is 89.5 Å². The fourth-order valence-electron chi connectivity index (χ4n) is 4.01. The number of hydrogen-bond acceptors (Lipinski definition) is 5. The summed E-state index contributed by atoms with van der Waals surface area (Å²) in [6.07, 6.45) is 0. The molecule has 1 amide bonds. The van der Waals surface area contributed by atoms with Crippen molar-refractivity contribution in [3.8, 4) is 0 Å². The van der Waals surface area contributed by atoms with Crippen LogP contribution in [0.25, 0.3) is 10.8 Å². The molecule has 0 saturated carbocycles. The number of rotatable bonds is 6. The molecule has 10 heteroatoms. The van der Waals surface area contributed by atoms with Gasteiger partial charge in [-0.25, -0.2) is 16.8 Å². The van der Waals surface area contributed by atoms with Crippen LogP contribution < -0.4 is 14.8 Å². The average Bonchev–Trinajstić information content (AvgIpc) is 3.14. The van der Waals surface area contributed by atoms with E-state index in [-0.39, 0.29) is 31.8 Å². The Balaban J connectivity index is 1.71. The molecule has 4 aromatic rings. The van der Waals surface area contributed by atoms with Crippen LogP contribution in [0.4, 0.5) is 17.1 Å². The Morgan fingerprint density at radius 1 is 0.686 bits per heavy atom. The van der Waals surface area contributed by atoms with Crippen LogP contribution in [0.3, 0.4) is 0 Å². The van der Waals surface area contributed by atoms with E-state index < -0.39 is 26.0 Å². The number of benzene rings is 4. The number of carbonyl (C=O) groups excluding carboxylic acids is 1. The van der Waals surface area contributed by atoms with Gasteiger partial charge in [-0.15, -0.1) is 0 Å². The Hall–Kier alpha value is -3.89. The van der Waals surface area contributed by atoms with Gasteiger partial charge in [-0.2, -0.15) is 0 Å². The molecule has 0 radical (unpaired) electrons. The Morgan fingerprint density at radius 2 is 1.20 bits per heavy atom. The van der Waals surface area contributed by atoms with Gasteiger partial charge in [0.05, 0.1) is 10.6 Å². The summed E-state index contributed by atoms with van der Waals surface area (Å²) >= 11 is 0. The maximum Gasteiger partial charge on any atom is 0.264 e. The third kappa shape index (κ3) is 4.11. The fourth-order valence-corrected chi connectivity index (χ4v) is 6.63. The molecule has 4 aromatic carbocycles. The average molecular weight is 508 g/mol. The number of amides is 1. The number of carbonyl (C=O) groups is 1. The lowest BCUT2D eigenvalue weighted by Gasteiger charge is -2.16. The molecule has 0 bridgehead atoms. The van der Waals surface area contributed by atoms with E-state index in [1.165, 1.54) is 6.07 Å². The molecule has 3 N–H and O–H groups in total. The van der Waals surface area contributed by atoms with Crippen molar-refractivity contribution in [2.45, 2.75) is 23.6 Å². The highest BCUT2D eigenvalue weighted by molar-refractivity contribution is 7.93. The van der Waals surface area contributed by atoms with Crippen LogP contribution in [0.5, 0.6) is 0 Å². The molecule has 0 atom stereocenters. The van der Waals surface area contributed by atoms with Crippen molar-refractivity contribution in [3.63, 3.8) is 0 Å². The minimum Gasteiger partial charge on any atom is -0.320 e. The van der Waals surface area contributed by atoms with Gasteiger partial charge in [0.1, 0.15) is 4.90 Å². The number of aryl methyl sites for hydroxylation is 2. The Labute approximate surface area is 203 Å². The van der Waals surface area contributed by atoms with Gasteiger partial charge in [0, 0.05) is 27.7 Å². The quantitative estimate of drug-likeness (QED) is 0.351. The lowest BCUT2D eigenvalue weighted by atomic mass is 10.1. The maximum atomic E-state index is 13.5. The third-order valence-corrected chi connectivity index (χ3v) is 8.58. The lowest BCUT2D eigenvalue weighted by molar-refractivity contribution is 0.103. The molecule has 1 aliphatic rings. The molecular weight excluding hydrogens is 486 g/mol. The van der Waals surface area contributed by atoms with E-state index >= 15 is 0 Å². The van der Waals surface area contributed by atoms with Crippen molar-refractivity contribution >= 4 is 53.8 Å². The maximum absolute atomic E-state index is 13.5. The summed E-state index contributed by atoms with van der Waals surface area (Å²) in [5, 5.41) is 3.09. The summed E-state index contributed by atoms with van der Waals surface area (Å²) in [6, 6.07) is 19.2. The SMILES string of the molecule is Cc1ccc(NS(=O)(=O)c2cc(S(=O)(=O)Nc3ccc(C)cc3)c3cccc4c3c2NC4=O)cc1. The monoisotopic (exact) mass is 507 g/mol. The lowest BCUT2D eigenvalue weighted by Crippen LogP contribution is -2.18. The van der Waals surface area contributed by atoms with E-state index in [9.17, 15) is 21.6 Å². The van der Waals surface area contributed by atoms with Gasteiger partial charge in [0.2, 0.25) is 0 Å². The molecule has 0 aromatic heterocycles. The fraction of sp³-hybridized carbons (Fsp3) is 0.0800. The van der Waals surface area contributed by atoms with Crippen LogP contribution in [0.15, 0.2) is 82.6 Å². The summed E-state index contributed by atoms with van der Waals surface area (Å²) in [7, 11) is -8.49. The molecule has 35 heavy (non-hydrogen) atoms. The Bertz CT molecular complexity index is 1710. The van der Waals surface area contributed by atoms with E-state index in [0.29, 0.717) is 11.4 Å². The molecular formula is C25H21N3O5S2. The highest BCUT2D eigenvalue weighted by Gasteiger charge is 2.33. The predicted octanol–water partition coefficient (Wildman–Crippen LogP) is 4.62. The number of anilines is 3. The van der Waals surface area contributed by atoms with E-state index in [4.69, 9.17) is 0 Å². The normalized spacial score (nSPS) is 13.0. The molecule has 5 rings (SSSR count). The first-order valence-electron chi connectivity index (χ1n) is 10.7. The van der Waals surface area contributed by atoms with Crippen LogP contribution in [-0.4, -0.2) is 22.7 Å². The van der Waals surface area contributed by atoms with Crippen molar-refractivity contribution in [1.82, 2.24) is 0 Å². The summed E-state index contributed by atoms with van der Waals surface area (Å²) in [6.45, 7) is 3.75. The van der Waals surface area contributed by atoms with E-state index in [2.05, 4.69) is 14.8 Å². The van der Waals surface area contributed by atoms with Gasteiger partial charge < -0.3 is 5.32 Å². The molecule has 0 unspecified atom stereocenters. The van der Waals surface area contributed by atoms with E-state index in [1.54, 1.807) is 60.7 Å². The smallest absolute Gasteiger partial charge is 0.264 e. The molecule has 0 spiro atoms.